The highest BCUT2D eigenvalue weighted by Gasteiger charge is 2.55. The maximum Gasteiger partial charge on any atom is 0.233 e. The van der Waals surface area contributed by atoms with Gasteiger partial charge in [0.05, 0.1) is 12.6 Å². The van der Waals surface area contributed by atoms with Crippen LogP contribution in [0.15, 0.2) is 0 Å². The van der Waals surface area contributed by atoms with Crippen LogP contribution < -0.4 is 10.6 Å². The summed E-state index contributed by atoms with van der Waals surface area (Å²) in [5.74, 6) is 0.105. The van der Waals surface area contributed by atoms with Crippen LogP contribution in [0.3, 0.4) is 0 Å². The Labute approximate surface area is 116 Å². The lowest BCUT2D eigenvalue weighted by molar-refractivity contribution is -0.151. The van der Waals surface area contributed by atoms with Crippen LogP contribution in [0, 0.1) is 5.41 Å². The van der Waals surface area contributed by atoms with Crippen molar-refractivity contribution in [3.63, 3.8) is 0 Å². The van der Waals surface area contributed by atoms with Gasteiger partial charge in [0.1, 0.15) is 0 Å². The molecule has 2 unspecified atom stereocenters. The van der Waals surface area contributed by atoms with Gasteiger partial charge in [-0.3, -0.25) is 4.79 Å². The molecule has 110 valence electrons. The predicted molar refractivity (Wildman–Crippen MR) is 76.0 cm³/mol. The molecule has 0 aliphatic heterocycles. The normalized spacial score (nSPS) is 28.9. The van der Waals surface area contributed by atoms with E-state index in [1.54, 1.807) is 0 Å². The van der Waals surface area contributed by atoms with Crippen molar-refractivity contribution in [3.05, 3.63) is 0 Å². The summed E-state index contributed by atoms with van der Waals surface area (Å²) in [6, 6.07) is 0.465. The van der Waals surface area contributed by atoms with Crippen LogP contribution in [0.25, 0.3) is 0 Å². The Morgan fingerprint density at radius 3 is 2.63 bits per heavy atom. The van der Waals surface area contributed by atoms with Gasteiger partial charge in [0.25, 0.3) is 0 Å². The fourth-order valence-electron chi connectivity index (χ4n) is 3.83. The van der Waals surface area contributed by atoms with Gasteiger partial charge in [-0.2, -0.15) is 0 Å². The molecule has 2 saturated carbocycles. The van der Waals surface area contributed by atoms with E-state index < -0.39 is 0 Å². The van der Waals surface area contributed by atoms with Gasteiger partial charge >= 0.3 is 0 Å². The van der Waals surface area contributed by atoms with Crippen LogP contribution in [0.4, 0.5) is 0 Å². The summed E-state index contributed by atoms with van der Waals surface area (Å²) in [6.07, 6.45) is 7.95. The second-order valence-electron chi connectivity index (χ2n) is 5.86. The van der Waals surface area contributed by atoms with Gasteiger partial charge in [0, 0.05) is 24.6 Å². The topological polar surface area (TPSA) is 50.4 Å². The van der Waals surface area contributed by atoms with Crippen molar-refractivity contribution in [2.45, 2.75) is 64.5 Å². The summed E-state index contributed by atoms with van der Waals surface area (Å²) in [5, 5.41) is 6.30. The van der Waals surface area contributed by atoms with E-state index >= 15 is 0 Å². The second-order valence-corrected chi connectivity index (χ2v) is 5.86. The van der Waals surface area contributed by atoms with Crippen LogP contribution >= 0.6 is 0 Å². The number of carbonyl (C=O) groups is 1. The van der Waals surface area contributed by atoms with Crippen molar-refractivity contribution in [1.29, 1.82) is 0 Å². The summed E-state index contributed by atoms with van der Waals surface area (Å²) in [4.78, 5) is 11.6. The number of hydrogen-bond acceptors (Lipinski definition) is 3. The average molecular weight is 268 g/mol. The molecule has 2 aliphatic rings. The molecule has 0 radical (unpaired) electrons. The zero-order valence-corrected chi connectivity index (χ0v) is 12.3. The van der Waals surface area contributed by atoms with Crippen molar-refractivity contribution in [2.24, 2.45) is 5.41 Å². The van der Waals surface area contributed by atoms with Crippen LogP contribution in [0.5, 0.6) is 0 Å². The van der Waals surface area contributed by atoms with Crippen molar-refractivity contribution in [3.8, 4) is 0 Å². The maximum atomic E-state index is 11.6. The third-order valence-corrected chi connectivity index (χ3v) is 4.82. The fourth-order valence-corrected chi connectivity index (χ4v) is 3.83. The van der Waals surface area contributed by atoms with E-state index in [-0.39, 0.29) is 5.91 Å². The molecule has 2 rings (SSSR count). The number of rotatable bonds is 6. The number of nitrogens with one attached hydrogen (secondary N) is 2. The summed E-state index contributed by atoms with van der Waals surface area (Å²) in [7, 11) is 0. The average Bonchev–Trinajstić information content (AvgIpc) is 2.43. The molecule has 2 fully saturated rings. The lowest BCUT2D eigenvalue weighted by Crippen LogP contribution is -2.65. The van der Waals surface area contributed by atoms with Crippen LogP contribution in [-0.4, -0.2) is 37.7 Å². The van der Waals surface area contributed by atoms with Crippen molar-refractivity contribution >= 4 is 5.91 Å². The lowest BCUT2D eigenvalue weighted by Gasteiger charge is -2.58. The first-order valence-corrected chi connectivity index (χ1v) is 7.84. The molecule has 0 aromatic rings. The van der Waals surface area contributed by atoms with E-state index in [2.05, 4.69) is 17.6 Å². The minimum Gasteiger partial charge on any atom is -0.378 e. The first-order valence-electron chi connectivity index (χ1n) is 7.84. The highest BCUT2D eigenvalue weighted by molar-refractivity contribution is 5.77. The molecule has 19 heavy (non-hydrogen) atoms. The van der Waals surface area contributed by atoms with Gasteiger partial charge < -0.3 is 15.4 Å². The van der Waals surface area contributed by atoms with Gasteiger partial charge in [-0.15, -0.1) is 0 Å². The van der Waals surface area contributed by atoms with E-state index in [0.717, 1.165) is 13.0 Å². The molecule has 2 aliphatic carbocycles. The smallest absolute Gasteiger partial charge is 0.233 e. The zero-order chi connectivity index (χ0) is 13.7. The number of hydrogen-bond donors (Lipinski definition) is 2. The van der Waals surface area contributed by atoms with Crippen molar-refractivity contribution in [1.82, 2.24) is 10.6 Å². The molecule has 4 heteroatoms. The quantitative estimate of drug-likeness (QED) is 0.773. The van der Waals surface area contributed by atoms with E-state index in [1.165, 1.54) is 32.1 Å². The Morgan fingerprint density at radius 1 is 1.26 bits per heavy atom. The molecule has 2 N–H and O–H groups in total. The van der Waals surface area contributed by atoms with Crippen LogP contribution in [-0.2, 0) is 9.53 Å². The highest BCUT2D eigenvalue weighted by atomic mass is 16.5. The summed E-state index contributed by atoms with van der Waals surface area (Å²) < 4.78 is 5.92. The second kappa shape index (κ2) is 6.71. The van der Waals surface area contributed by atoms with Crippen LogP contribution in [0.1, 0.15) is 52.4 Å². The number of amides is 1. The van der Waals surface area contributed by atoms with Crippen molar-refractivity contribution in [2.75, 3.05) is 19.7 Å². The summed E-state index contributed by atoms with van der Waals surface area (Å²) in [5.41, 5.74) is 0.306. The molecular formula is C15H28N2O2. The lowest BCUT2D eigenvalue weighted by atomic mass is 9.55. The zero-order valence-electron chi connectivity index (χ0n) is 12.3. The number of likely N-dealkylation sites (N-methyl/N-ethyl adjacent to an activating group) is 1. The summed E-state index contributed by atoms with van der Waals surface area (Å²) >= 11 is 0. The Balaban J connectivity index is 1.88. The first kappa shape index (κ1) is 14.8. The van der Waals surface area contributed by atoms with Gasteiger partial charge in [-0.25, -0.2) is 0 Å². The molecule has 4 nitrogen and oxygen atoms in total. The molecule has 1 amide bonds. The molecule has 0 heterocycles. The first-order chi connectivity index (χ1) is 9.23. The monoisotopic (exact) mass is 268 g/mol. The Hall–Kier alpha value is -0.610. The Bertz CT molecular complexity index is 301. The van der Waals surface area contributed by atoms with Crippen LogP contribution in [0.2, 0.25) is 0 Å². The van der Waals surface area contributed by atoms with Crippen molar-refractivity contribution < 1.29 is 9.53 Å². The van der Waals surface area contributed by atoms with Gasteiger partial charge in [-0.05, 0) is 33.1 Å². The van der Waals surface area contributed by atoms with Gasteiger partial charge in [0.15, 0.2) is 0 Å². The Morgan fingerprint density at radius 2 is 2.00 bits per heavy atom. The predicted octanol–water partition coefficient (Wildman–Crippen LogP) is 1.84. The molecule has 0 aromatic carbocycles. The number of ether oxygens (including phenoxy) is 1. The molecule has 1 spiro atoms. The SMILES string of the molecule is CCNC(=O)CNC1CC(OCC)C12CCCCC2. The largest absolute Gasteiger partial charge is 0.378 e. The van der Waals surface area contributed by atoms with E-state index in [9.17, 15) is 4.79 Å². The third-order valence-electron chi connectivity index (χ3n) is 4.82. The third kappa shape index (κ3) is 3.11. The van der Waals surface area contributed by atoms with Gasteiger partial charge in [-0.1, -0.05) is 19.3 Å². The van der Waals surface area contributed by atoms with E-state index in [4.69, 9.17) is 4.74 Å². The molecule has 2 atom stereocenters. The minimum absolute atomic E-state index is 0.105. The maximum absolute atomic E-state index is 11.6. The summed E-state index contributed by atoms with van der Waals surface area (Å²) in [6.45, 7) is 5.98. The highest BCUT2D eigenvalue weighted by Crippen LogP contribution is 2.53. The van der Waals surface area contributed by atoms with E-state index in [1.807, 2.05) is 6.92 Å². The fraction of sp³-hybridized carbons (Fsp3) is 0.933. The molecule has 0 saturated heterocycles. The standard InChI is InChI=1S/C15H28N2O2/c1-3-16-14(18)11-17-12-10-13(19-4-2)15(12)8-6-5-7-9-15/h12-13,17H,3-11H2,1-2H3,(H,16,18). The molecular weight excluding hydrogens is 240 g/mol. The van der Waals surface area contributed by atoms with Gasteiger partial charge in [0.2, 0.25) is 5.91 Å². The molecule has 0 bridgehead atoms. The minimum atomic E-state index is 0.105. The Kier molecular flexibility index (Phi) is 5.22. The molecule has 0 aromatic heterocycles. The van der Waals surface area contributed by atoms with E-state index in [0.29, 0.717) is 30.7 Å². The number of carbonyl (C=O) groups excluding carboxylic acids is 1.